The van der Waals surface area contributed by atoms with Gasteiger partial charge < -0.3 is 0 Å². The lowest BCUT2D eigenvalue weighted by molar-refractivity contribution is 1.56. The number of hydrogen-bond acceptors (Lipinski definition) is 0. The Labute approximate surface area is 93.7 Å². The third kappa shape index (κ3) is 5.69. The highest BCUT2D eigenvalue weighted by Gasteiger charge is 1.90. The molecular formula is C15H20. The Hall–Kier alpha value is -1.56. The fourth-order valence-electron chi connectivity index (χ4n) is 0.904. The molecule has 0 heterocycles. The van der Waals surface area contributed by atoms with Crippen molar-refractivity contribution in [3.05, 3.63) is 60.7 Å². The highest BCUT2D eigenvalue weighted by molar-refractivity contribution is 5.63. The molecule has 0 aliphatic carbocycles. The van der Waals surface area contributed by atoms with Crippen molar-refractivity contribution in [2.75, 3.05) is 0 Å². The molecule has 0 saturated carbocycles. The van der Waals surface area contributed by atoms with Gasteiger partial charge in [0, 0.05) is 0 Å². The maximum Gasteiger partial charge on any atom is -0.0233 e. The van der Waals surface area contributed by atoms with Crippen LogP contribution in [-0.2, 0) is 0 Å². The molecule has 0 aliphatic heterocycles. The van der Waals surface area contributed by atoms with Crippen molar-refractivity contribution in [3.63, 3.8) is 0 Å². The van der Waals surface area contributed by atoms with Gasteiger partial charge in [0.2, 0.25) is 0 Å². The summed E-state index contributed by atoms with van der Waals surface area (Å²) in [6, 6.07) is 8.19. The predicted octanol–water partition coefficient (Wildman–Crippen LogP) is 4.95. The molecule has 0 nitrogen and oxygen atoms in total. The number of hydrogen-bond donors (Lipinski definition) is 0. The second kappa shape index (κ2) is 7.81. The summed E-state index contributed by atoms with van der Waals surface area (Å²) in [5.74, 6) is 0. The summed E-state index contributed by atoms with van der Waals surface area (Å²) in [7, 11) is 0. The lowest BCUT2D eigenvalue weighted by Gasteiger charge is -1.98. The highest BCUT2D eigenvalue weighted by atomic mass is 14.0. The van der Waals surface area contributed by atoms with E-state index in [0.717, 1.165) is 11.1 Å². The maximum absolute atomic E-state index is 3.86. The van der Waals surface area contributed by atoms with E-state index in [1.165, 1.54) is 5.56 Å². The molecule has 0 spiro atoms. The van der Waals surface area contributed by atoms with Crippen molar-refractivity contribution in [2.45, 2.75) is 20.8 Å². The van der Waals surface area contributed by atoms with Gasteiger partial charge in [-0.25, -0.2) is 0 Å². The molecule has 1 aromatic rings. The Bertz CT molecular complexity index is 322. The van der Waals surface area contributed by atoms with Crippen molar-refractivity contribution < 1.29 is 0 Å². The summed E-state index contributed by atoms with van der Waals surface area (Å²) < 4.78 is 0. The van der Waals surface area contributed by atoms with E-state index >= 15 is 0 Å². The van der Waals surface area contributed by atoms with E-state index in [1.54, 1.807) is 0 Å². The van der Waals surface area contributed by atoms with Crippen LogP contribution >= 0.6 is 0 Å². The Morgan fingerprint density at radius 3 is 1.80 bits per heavy atom. The van der Waals surface area contributed by atoms with Gasteiger partial charge in [0.1, 0.15) is 0 Å². The number of rotatable bonds is 2. The van der Waals surface area contributed by atoms with E-state index in [0.29, 0.717) is 0 Å². The second-order valence-corrected chi connectivity index (χ2v) is 3.27. The average Bonchev–Trinajstić information content (AvgIpc) is 2.29. The van der Waals surface area contributed by atoms with Crippen LogP contribution in [0.4, 0.5) is 0 Å². The normalized spacial score (nSPS) is 9.27. The lowest BCUT2D eigenvalue weighted by Crippen LogP contribution is -1.77. The van der Waals surface area contributed by atoms with Crippen LogP contribution in [0.15, 0.2) is 49.6 Å². The summed E-state index contributed by atoms with van der Waals surface area (Å²) in [6.07, 6.45) is 5.84. The van der Waals surface area contributed by atoms with Crippen LogP contribution in [-0.4, -0.2) is 0 Å². The fraction of sp³-hybridized carbons (Fsp3) is 0.200. The third-order valence-corrected chi connectivity index (χ3v) is 1.97. The van der Waals surface area contributed by atoms with Gasteiger partial charge in [0.25, 0.3) is 0 Å². The van der Waals surface area contributed by atoms with Gasteiger partial charge in [0.15, 0.2) is 0 Å². The standard InChI is InChI=1S/C11H12.C4H8/c1-4-10-5-7-11(8-6-10)9(2)3;1-3-4-2/h4-8H,1-2H2,3H3;3-4H,1-2H3/b;4-3-. The van der Waals surface area contributed by atoms with Gasteiger partial charge in [-0.05, 0) is 31.9 Å². The summed E-state index contributed by atoms with van der Waals surface area (Å²) in [5.41, 5.74) is 3.44. The average molecular weight is 200 g/mol. The fourth-order valence-corrected chi connectivity index (χ4v) is 0.904. The van der Waals surface area contributed by atoms with E-state index in [4.69, 9.17) is 0 Å². The molecule has 1 rings (SSSR count). The quantitative estimate of drug-likeness (QED) is 0.593. The second-order valence-electron chi connectivity index (χ2n) is 3.27. The van der Waals surface area contributed by atoms with Crippen LogP contribution < -0.4 is 0 Å². The topological polar surface area (TPSA) is 0 Å². The summed E-state index contributed by atoms with van der Waals surface area (Å²) in [5, 5.41) is 0. The summed E-state index contributed by atoms with van der Waals surface area (Å²) in [6.45, 7) is 13.5. The Balaban J connectivity index is 0.000000423. The first-order valence-electron chi connectivity index (χ1n) is 5.11. The molecule has 0 unspecified atom stereocenters. The zero-order valence-electron chi connectivity index (χ0n) is 9.96. The molecule has 15 heavy (non-hydrogen) atoms. The van der Waals surface area contributed by atoms with Gasteiger partial charge in [-0.15, -0.1) is 0 Å². The Morgan fingerprint density at radius 2 is 1.53 bits per heavy atom. The largest absolute Gasteiger partial charge is 0.0985 e. The van der Waals surface area contributed by atoms with Crippen molar-refractivity contribution in [1.82, 2.24) is 0 Å². The van der Waals surface area contributed by atoms with Crippen LogP contribution in [0.1, 0.15) is 31.9 Å². The molecule has 0 bridgehead atoms. The van der Waals surface area contributed by atoms with Gasteiger partial charge >= 0.3 is 0 Å². The van der Waals surface area contributed by atoms with Crippen LogP contribution in [0.5, 0.6) is 0 Å². The smallest absolute Gasteiger partial charge is 0.0233 e. The molecule has 0 saturated heterocycles. The van der Waals surface area contributed by atoms with Gasteiger partial charge in [-0.3, -0.25) is 0 Å². The van der Waals surface area contributed by atoms with Gasteiger partial charge in [-0.1, -0.05) is 61.2 Å². The molecular weight excluding hydrogens is 180 g/mol. The molecule has 0 amide bonds. The first kappa shape index (κ1) is 13.4. The molecule has 0 aromatic heterocycles. The molecule has 1 aromatic carbocycles. The van der Waals surface area contributed by atoms with E-state index in [2.05, 4.69) is 25.3 Å². The van der Waals surface area contributed by atoms with Crippen LogP contribution in [0.25, 0.3) is 11.6 Å². The zero-order chi connectivity index (χ0) is 11.7. The number of benzene rings is 1. The first-order valence-corrected chi connectivity index (χ1v) is 5.11. The Kier molecular flexibility index (Phi) is 7.00. The minimum atomic E-state index is 1.10. The van der Waals surface area contributed by atoms with Gasteiger partial charge in [0.05, 0.1) is 0 Å². The van der Waals surface area contributed by atoms with Crippen LogP contribution in [0.2, 0.25) is 0 Å². The van der Waals surface area contributed by atoms with Gasteiger partial charge in [-0.2, -0.15) is 0 Å². The maximum atomic E-state index is 3.86. The van der Waals surface area contributed by atoms with Crippen molar-refractivity contribution in [2.24, 2.45) is 0 Å². The monoisotopic (exact) mass is 200 g/mol. The first-order chi connectivity index (χ1) is 7.15. The number of allylic oxidation sites excluding steroid dienone is 3. The predicted molar refractivity (Wildman–Crippen MR) is 71.7 cm³/mol. The molecule has 80 valence electrons. The van der Waals surface area contributed by atoms with E-state index < -0.39 is 0 Å². The molecule has 0 fully saturated rings. The zero-order valence-corrected chi connectivity index (χ0v) is 9.96. The van der Waals surface area contributed by atoms with Crippen LogP contribution in [0, 0.1) is 0 Å². The SMILES string of the molecule is C/C=C\C.C=Cc1ccc(C(=C)C)cc1. The van der Waals surface area contributed by atoms with Crippen molar-refractivity contribution >= 4 is 11.6 Å². The minimum Gasteiger partial charge on any atom is -0.0985 e. The van der Waals surface area contributed by atoms with Crippen LogP contribution in [0.3, 0.4) is 0 Å². The van der Waals surface area contributed by atoms with E-state index in [1.807, 2.05) is 51.1 Å². The van der Waals surface area contributed by atoms with Crippen molar-refractivity contribution in [1.29, 1.82) is 0 Å². The minimum absolute atomic E-state index is 1.10. The van der Waals surface area contributed by atoms with E-state index in [9.17, 15) is 0 Å². The molecule has 0 radical (unpaired) electrons. The lowest BCUT2D eigenvalue weighted by atomic mass is 10.1. The molecule has 0 atom stereocenters. The Morgan fingerprint density at radius 1 is 1.07 bits per heavy atom. The molecule has 0 heteroatoms. The molecule has 0 aliphatic rings. The third-order valence-electron chi connectivity index (χ3n) is 1.97. The highest BCUT2D eigenvalue weighted by Crippen LogP contribution is 2.12. The summed E-state index contributed by atoms with van der Waals surface area (Å²) in [4.78, 5) is 0. The molecule has 0 N–H and O–H groups in total. The van der Waals surface area contributed by atoms with Crippen molar-refractivity contribution in [3.8, 4) is 0 Å². The van der Waals surface area contributed by atoms with E-state index in [-0.39, 0.29) is 0 Å². The summed E-state index contributed by atoms with van der Waals surface area (Å²) >= 11 is 0.